The fraction of sp³-hybridized carbons (Fsp3) is 0.450. The van der Waals surface area contributed by atoms with Crippen LogP contribution in [0.3, 0.4) is 0 Å². The van der Waals surface area contributed by atoms with Gasteiger partial charge in [-0.2, -0.15) is 18.3 Å². The van der Waals surface area contributed by atoms with Crippen molar-refractivity contribution in [2.45, 2.75) is 44.2 Å². The molecule has 11 heteroatoms. The van der Waals surface area contributed by atoms with Crippen LogP contribution in [0.4, 0.5) is 30.5 Å². The van der Waals surface area contributed by atoms with Crippen LogP contribution in [-0.2, 0) is 10.2 Å². The number of amides is 1. The summed E-state index contributed by atoms with van der Waals surface area (Å²) in [5.41, 5.74) is 2.33. The molecule has 0 bridgehead atoms. The minimum absolute atomic E-state index is 0.0860. The first-order chi connectivity index (χ1) is 14.7. The minimum Gasteiger partial charge on any atom is -0.323 e. The lowest BCUT2D eigenvalue weighted by Crippen LogP contribution is -2.43. The van der Waals surface area contributed by atoms with Crippen LogP contribution in [0.25, 0.3) is 5.65 Å². The Morgan fingerprint density at radius 1 is 1.23 bits per heavy atom. The van der Waals surface area contributed by atoms with Gasteiger partial charge in [0.15, 0.2) is 5.65 Å². The van der Waals surface area contributed by atoms with E-state index in [0.717, 1.165) is 5.56 Å². The smallest absolute Gasteiger partial charge is 0.323 e. The Morgan fingerprint density at radius 2 is 1.97 bits per heavy atom. The highest BCUT2D eigenvalue weighted by atomic mass is 19.4. The van der Waals surface area contributed by atoms with Crippen LogP contribution in [0, 0.1) is 12.8 Å². The molecule has 1 spiro atoms. The molecule has 2 aliphatic rings. The summed E-state index contributed by atoms with van der Waals surface area (Å²) >= 11 is 0. The van der Waals surface area contributed by atoms with Crippen LogP contribution in [-0.4, -0.2) is 43.7 Å². The zero-order valence-electron chi connectivity index (χ0n) is 16.9. The Labute approximate surface area is 175 Å². The Balaban J connectivity index is 1.49. The third-order valence-electron chi connectivity index (χ3n) is 6.47. The van der Waals surface area contributed by atoms with E-state index in [1.54, 1.807) is 24.0 Å². The molecule has 1 saturated carbocycles. The molecule has 3 aromatic rings. The molecule has 0 radical (unpaired) electrons. The highest BCUT2D eigenvalue weighted by molar-refractivity contribution is 6.07. The van der Waals surface area contributed by atoms with Gasteiger partial charge in [-0.3, -0.25) is 4.79 Å². The van der Waals surface area contributed by atoms with Gasteiger partial charge in [-0.05, 0) is 44.2 Å². The number of aromatic nitrogens is 5. The maximum absolute atomic E-state index is 13.2. The van der Waals surface area contributed by atoms with Gasteiger partial charge >= 0.3 is 6.18 Å². The van der Waals surface area contributed by atoms with Gasteiger partial charge in [0.05, 0.1) is 40.8 Å². The van der Waals surface area contributed by atoms with E-state index in [4.69, 9.17) is 0 Å². The van der Waals surface area contributed by atoms with Crippen molar-refractivity contribution in [3.05, 3.63) is 36.0 Å². The number of carbonyl (C=O) groups is 1. The maximum Gasteiger partial charge on any atom is 0.391 e. The fourth-order valence-electron chi connectivity index (χ4n) is 4.66. The fourth-order valence-corrected chi connectivity index (χ4v) is 4.66. The molecule has 5 rings (SSSR count). The number of nitrogens with zero attached hydrogens (tertiary/aromatic N) is 6. The Hall–Kier alpha value is -3.24. The lowest BCUT2D eigenvalue weighted by Gasteiger charge is -2.36. The summed E-state index contributed by atoms with van der Waals surface area (Å²) in [7, 11) is 1.62. The number of hydrogen-bond acceptors (Lipinski definition) is 6. The predicted octanol–water partition coefficient (Wildman–Crippen LogP) is 3.54. The van der Waals surface area contributed by atoms with Gasteiger partial charge in [0.2, 0.25) is 11.9 Å². The van der Waals surface area contributed by atoms with Gasteiger partial charge in [0.25, 0.3) is 0 Å². The van der Waals surface area contributed by atoms with Gasteiger partial charge < -0.3 is 10.2 Å². The normalized spacial score (nSPS) is 23.6. The SMILES string of the molecule is Cc1cc2ncnn2cc1Nc1ncc2c(n1)C1(CCC(C(F)(F)F)CC1)C(=O)N2C. The van der Waals surface area contributed by atoms with Crippen LogP contribution >= 0.6 is 0 Å². The first-order valence-corrected chi connectivity index (χ1v) is 9.98. The van der Waals surface area contributed by atoms with Crippen LogP contribution in [0.1, 0.15) is 36.9 Å². The minimum atomic E-state index is -4.24. The number of carbonyl (C=O) groups excluding carboxylic acids is 1. The topological polar surface area (TPSA) is 88.3 Å². The number of fused-ring (bicyclic) bond motifs is 3. The van der Waals surface area contributed by atoms with Gasteiger partial charge in [-0.25, -0.2) is 19.5 Å². The van der Waals surface area contributed by atoms with E-state index < -0.39 is 17.5 Å². The molecule has 1 amide bonds. The molecule has 0 atom stereocenters. The quantitative estimate of drug-likeness (QED) is 0.668. The number of anilines is 3. The number of halogens is 3. The van der Waals surface area contributed by atoms with Crippen molar-refractivity contribution in [1.29, 1.82) is 0 Å². The summed E-state index contributed by atoms with van der Waals surface area (Å²) in [6.45, 7) is 1.90. The maximum atomic E-state index is 13.2. The molecule has 4 heterocycles. The van der Waals surface area contributed by atoms with Crippen molar-refractivity contribution >= 4 is 28.9 Å². The first-order valence-electron chi connectivity index (χ1n) is 9.98. The molecule has 0 saturated heterocycles. The summed E-state index contributed by atoms with van der Waals surface area (Å²) in [4.78, 5) is 27.6. The molecule has 1 fully saturated rings. The van der Waals surface area contributed by atoms with Gasteiger partial charge in [0, 0.05) is 7.05 Å². The molecule has 31 heavy (non-hydrogen) atoms. The van der Waals surface area contributed by atoms with Crippen LogP contribution < -0.4 is 10.2 Å². The van der Waals surface area contributed by atoms with E-state index in [9.17, 15) is 18.0 Å². The zero-order chi connectivity index (χ0) is 22.0. The van der Waals surface area contributed by atoms with E-state index in [2.05, 4.69) is 25.4 Å². The van der Waals surface area contributed by atoms with Crippen LogP contribution in [0.5, 0.6) is 0 Å². The molecule has 8 nitrogen and oxygen atoms in total. The third kappa shape index (κ3) is 3.02. The van der Waals surface area contributed by atoms with Crippen molar-refractivity contribution < 1.29 is 18.0 Å². The van der Waals surface area contributed by atoms with Gasteiger partial charge in [0.1, 0.15) is 6.33 Å². The second-order valence-corrected chi connectivity index (χ2v) is 8.25. The predicted molar refractivity (Wildman–Crippen MR) is 106 cm³/mol. The number of likely N-dealkylation sites (N-methyl/N-ethyl adjacent to an activating group) is 1. The molecular formula is C20H20F3N7O. The first kappa shape index (κ1) is 19.7. The summed E-state index contributed by atoms with van der Waals surface area (Å²) in [5, 5.41) is 7.26. The molecule has 162 valence electrons. The highest BCUT2D eigenvalue weighted by Gasteiger charge is 2.55. The average molecular weight is 431 g/mol. The largest absolute Gasteiger partial charge is 0.391 e. The number of hydrogen-bond donors (Lipinski definition) is 1. The van der Waals surface area contributed by atoms with Crippen molar-refractivity contribution in [2.75, 3.05) is 17.3 Å². The Kier molecular flexibility index (Phi) is 4.21. The Morgan fingerprint density at radius 3 is 2.68 bits per heavy atom. The van der Waals surface area contributed by atoms with E-state index in [1.807, 2.05) is 13.0 Å². The average Bonchev–Trinajstić information content (AvgIpc) is 3.25. The number of rotatable bonds is 2. The van der Waals surface area contributed by atoms with Crippen LogP contribution in [0.15, 0.2) is 24.8 Å². The lowest BCUT2D eigenvalue weighted by molar-refractivity contribution is -0.185. The van der Waals surface area contributed by atoms with Crippen molar-refractivity contribution in [1.82, 2.24) is 24.6 Å². The summed E-state index contributed by atoms with van der Waals surface area (Å²) in [6, 6.07) is 1.86. The molecule has 0 unspecified atom stereocenters. The number of alkyl halides is 3. The Bertz CT molecular complexity index is 1180. The molecule has 1 aliphatic carbocycles. The summed E-state index contributed by atoms with van der Waals surface area (Å²) < 4.78 is 41.1. The van der Waals surface area contributed by atoms with E-state index in [1.165, 1.54) is 11.2 Å². The zero-order valence-corrected chi connectivity index (χ0v) is 16.9. The number of aryl methyl sites for hydroxylation is 1. The van der Waals surface area contributed by atoms with Gasteiger partial charge in [-0.1, -0.05) is 0 Å². The molecular weight excluding hydrogens is 411 g/mol. The summed E-state index contributed by atoms with van der Waals surface area (Å²) in [6.07, 6.45) is 0.587. The van der Waals surface area contributed by atoms with Crippen molar-refractivity contribution in [2.24, 2.45) is 5.92 Å². The van der Waals surface area contributed by atoms with Crippen molar-refractivity contribution in [3.8, 4) is 0 Å². The van der Waals surface area contributed by atoms with E-state index in [0.29, 0.717) is 22.7 Å². The summed E-state index contributed by atoms with van der Waals surface area (Å²) in [5.74, 6) is -1.31. The molecule has 1 N–H and O–H groups in total. The monoisotopic (exact) mass is 431 g/mol. The molecule has 3 aromatic heterocycles. The van der Waals surface area contributed by atoms with Crippen LogP contribution in [0.2, 0.25) is 0 Å². The number of nitrogens with one attached hydrogen (secondary N) is 1. The molecule has 1 aliphatic heterocycles. The number of pyridine rings is 1. The third-order valence-corrected chi connectivity index (χ3v) is 6.47. The second-order valence-electron chi connectivity index (χ2n) is 8.25. The van der Waals surface area contributed by atoms with Crippen molar-refractivity contribution in [3.63, 3.8) is 0 Å². The second kappa shape index (κ2) is 6.63. The standard InChI is InChI=1S/C20H20F3N7O/c1-11-7-15-25-10-26-30(15)9-13(11)27-18-24-8-14-16(28-18)19(17(31)29(14)2)5-3-12(4-6-19)20(21,22)23/h7-10,12H,3-6H2,1-2H3,(H,24,27,28). The molecule has 0 aromatic carbocycles. The lowest BCUT2D eigenvalue weighted by atomic mass is 9.68. The van der Waals surface area contributed by atoms with E-state index in [-0.39, 0.29) is 37.5 Å². The highest BCUT2D eigenvalue weighted by Crippen LogP contribution is 2.52. The van der Waals surface area contributed by atoms with Gasteiger partial charge in [-0.15, -0.1) is 0 Å². The van der Waals surface area contributed by atoms with E-state index >= 15 is 0 Å².